The summed E-state index contributed by atoms with van der Waals surface area (Å²) in [5.41, 5.74) is 0.581. The smallest absolute Gasteiger partial charge is 0.326 e. The summed E-state index contributed by atoms with van der Waals surface area (Å²) in [7, 11) is 0. The Labute approximate surface area is 159 Å². The van der Waals surface area contributed by atoms with Gasteiger partial charge in [0.25, 0.3) is 5.91 Å². The van der Waals surface area contributed by atoms with E-state index in [1.54, 1.807) is 18.2 Å². The Morgan fingerprint density at radius 2 is 1.73 bits per heavy atom. The molecule has 0 fully saturated rings. The molecule has 136 valence electrons. The third-order valence-electron chi connectivity index (χ3n) is 3.43. The molecule has 0 bridgehead atoms. The molecular weight excluding hydrogens is 381 g/mol. The molecule has 0 radical (unpaired) electrons. The number of halogens is 2. The SMILES string of the molecule is CC(=O)Oc1cccc(C(=O)N[C@H](Cc2c(Cl)cccc2Cl)C(=O)O)c1. The number of hydrogen-bond acceptors (Lipinski definition) is 4. The number of nitrogens with one attached hydrogen (secondary N) is 1. The minimum absolute atomic E-state index is 0.0801. The monoisotopic (exact) mass is 395 g/mol. The molecule has 0 unspecified atom stereocenters. The van der Waals surface area contributed by atoms with Crippen LogP contribution >= 0.6 is 23.2 Å². The lowest BCUT2D eigenvalue weighted by molar-refractivity contribution is -0.139. The van der Waals surface area contributed by atoms with Crippen LogP contribution in [0.3, 0.4) is 0 Å². The Morgan fingerprint density at radius 1 is 1.12 bits per heavy atom. The van der Waals surface area contributed by atoms with E-state index >= 15 is 0 Å². The zero-order valence-corrected chi connectivity index (χ0v) is 15.2. The average molecular weight is 396 g/mol. The van der Waals surface area contributed by atoms with E-state index in [2.05, 4.69) is 5.32 Å². The number of carboxylic acids is 1. The van der Waals surface area contributed by atoms with Crippen molar-refractivity contribution in [1.29, 1.82) is 0 Å². The topological polar surface area (TPSA) is 92.7 Å². The summed E-state index contributed by atoms with van der Waals surface area (Å²) in [4.78, 5) is 34.9. The van der Waals surface area contributed by atoms with Crippen molar-refractivity contribution in [1.82, 2.24) is 5.32 Å². The van der Waals surface area contributed by atoms with Crippen molar-refractivity contribution in [2.45, 2.75) is 19.4 Å². The van der Waals surface area contributed by atoms with Gasteiger partial charge in [0.15, 0.2) is 0 Å². The number of ether oxygens (including phenoxy) is 1. The van der Waals surface area contributed by atoms with Gasteiger partial charge in [-0.05, 0) is 35.9 Å². The van der Waals surface area contributed by atoms with Gasteiger partial charge in [-0.15, -0.1) is 0 Å². The largest absolute Gasteiger partial charge is 0.480 e. The summed E-state index contributed by atoms with van der Waals surface area (Å²) in [5, 5.41) is 12.5. The molecule has 2 aromatic carbocycles. The number of amides is 1. The molecule has 0 heterocycles. The second-order valence-corrected chi connectivity index (χ2v) is 6.20. The van der Waals surface area contributed by atoms with Gasteiger partial charge in [-0.1, -0.05) is 35.3 Å². The molecule has 0 aliphatic heterocycles. The molecule has 0 saturated carbocycles. The van der Waals surface area contributed by atoms with Gasteiger partial charge in [0.1, 0.15) is 11.8 Å². The Balaban J connectivity index is 2.18. The highest BCUT2D eigenvalue weighted by Gasteiger charge is 2.23. The standard InChI is InChI=1S/C18H15Cl2NO5/c1-10(22)26-12-5-2-4-11(8-12)17(23)21-16(18(24)25)9-13-14(19)6-3-7-15(13)20/h2-8,16H,9H2,1H3,(H,21,23)(H,24,25)/t16-/m1/s1. The number of aliphatic carboxylic acids is 1. The number of carbonyl (C=O) groups is 3. The summed E-state index contributed by atoms with van der Waals surface area (Å²) < 4.78 is 4.91. The highest BCUT2D eigenvalue weighted by atomic mass is 35.5. The first-order valence-corrected chi connectivity index (χ1v) is 8.28. The van der Waals surface area contributed by atoms with Crippen LogP contribution in [0.1, 0.15) is 22.8 Å². The molecule has 0 aliphatic rings. The fourth-order valence-corrected chi connectivity index (χ4v) is 2.79. The van der Waals surface area contributed by atoms with Crippen molar-refractivity contribution >= 4 is 41.0 Å². The maximum Gasteiger partial charge on any atom is 0.326 e. The molecule has 1 amide bonds. The lowest BCUT2D eigenvalue weighted by atomic mass is 10.0. The van der Waals surface area contributed by atoms with Crippen LogP contribution in [-0.4, -0.2) is 29.0 Å². The Kier molecular flexibility index (Phi) is 6.60. The van der Waals surface area contributed by atoms with E-state index in [1.807, 2.05) is 0 Å². The minimum atomic E-state index is -1.24. The Bertz CT molecular complexity index is 833. The number of esters is 1. The first-order valence-electron chi connectivity index (χ1n) is 7.53. The van der Waals surface area contributed by atoms with E-state index in [0.29, 0.717) is 15.6 Å². The molecule has 2 aromatic rings. The zero-order valence-electron chi connectivity index (χ0n) is 13.7. The summed E-state index contributed by atoms with van der Waals surface area (Å²) >= 11 is 12.1. The summed E-state index contributed by atoms with van der Waals surface area (Å²) in [5.74, 6) is -2.20. The minimum Gasteiger partial charge on any atom is -0.480 e. The van der Waals surface area contributed by atoms with Crippen LogP contribution in [0.2, 0.25) is 10.0 Å². The van der Waals surface area contributed by atoms with Crippen LogP contribution in [-0.2, 0) is 16.0 Å². The van der Waals surface area contributed by atoms with E-state index < -0.39 is 23.9 Å². The van der Waals surface area contributed by atoms with E-state index in [1.165, 1.54) is 31.2 Å². The maximum atomic E-state index is 12.4. The third kappa shape index (κ3) is 5.21. The van der Waals surface area contributed by atoms with Crippen molar-refractivity contribution in [2.75, 3.05) is 0 Å². The lowest BCUT2D eigenvalue weighted by Gasteiger charge is -2.16. The molecule has 8 heteroatoms. The average Bonchev–Trinajstić information content (AvgIpc) is 2.56. The highest BCUT2D eigenvalue weighted by molar-refractivity contribution is 6.36. The van der Waals surface area contributed by atoms with Gasteiger partial charge in [0.05, 0.1) is 0 Å². The predicted molar refractivity (Wildman–Crippen MR) is 96.8 cm³/mol. The lowest BCUT2D eigenvalue weighted by Crippen LogP contribution is -2.42. The number of carbonyl (C=O) groups excluding carboxylic acids is 2. The van der Waals surface area contributed by atoms with Gasteiger partial charge in [-0.25, -0.2) is 4.79 Å². The number of carboxylic acid groups (broad SMARTS) is 1. The molecule has 2 N–H and O–H groups in total. The van der Waals surface area contributed by atoms with Crippen molar-refractivity contribution in [3.05, 3.63) is 63.6 Å². The van der Waals surface area contributed by atoms with Crippen molar-refractivity contribution in [3.8, 4) is 5.75 Å². The van der Waals surface area contributed by atoms with E-state index in [-0.39, 0.29) is 17.7 Å². The molecule has 0 aliphatic carbocycles. The quantitative estimate of drug-likeness (QED) is 0.577. The van der Waals surface area contributed by atoms with Gasteiger partial charge >= 0.3 is 11.9 Å². The molecule has 1 atom stereocenters. The fraction of sp³-hybridized carbons (Fsp3) is 0.167. The number of benzene rings is 2. The fourth-order valence-electron chi connectivity index (χ4n) is 2.24. The van der Waals surface area contributed by atoms with Crippen molar-refractivity contribution < 1.29 is 24.2 Å². The van der Waals surface area contributed by atoms with Gasteiger partial charge in [0.2, 0.25) is 0 Å². The van der Waals surface area contributed by atoms with Crippen LogP contribution in [0.5, 0.6) is 5.75 Å². The molecule has 0 saturated heterocycles. The van der Waals surface area contributed by atoms with Crippen LogP contribution in [0.15, 0.2) is 42.5 Å². The maximum absolute atomic E-state index is 12.4. The Morgan fingerprint density at radius 3 is 2.31 bits per heavy atom. The van der Waals surface area contributed by atoms with Crippen LogP contribution in [0, 0.1) is 0 Å². The molecule has 2 rings (SSSR count). The third-order valence-corrected chi connectivity index (χ3v) is 4.14. The van der Waals surface area contributed by atoms with Crippen molar-refractivity contribution in [3.63, 3.8) is 0 Å². The van der Waals surface area contributed by atoms with E-state index in [9.17, 15) is 19.5 Å². The predicted octanol–water partition coefficient (Wildman–Crippen LogP) is 3.34. The summed E-state index contributed by atoms with van der Waals surface area (Å²) in [6.07, 6.45) is -0.0801. The zero-order chi connectivity index (χ0) is 19.3. The summed E-state index contributed by atoms with van der Waals surface area (Å²) in [6, 6.07) is 9.44. The number of hydrogen-bond donors (Lipinski definition) is 2. The van der Waals surface area contributed by atoms with Crippen LogP contribution in [0.4, 0.5) is 0 Å². The molecule has 0 aromatic heterocycles. The van der Waals surface area contributed by atoms with Gasteiger partial charge in [-0.3, -0.25) is 9.59 Å². The normalized spacial score (nSPS) is 11.5. The van der Waals surface area contributed by atoms with E-state index in [0.717, 1.165) is 0 Å². The highest BCUT2D eigenvalue weighted by Crippen LogP contribution is 2.25. The van der Waals surface area contributed by atoms with Crippen molar-refractivity contribution in [2.24, 2.45) is 0 Å². The molecule has 6 nitrogen and oxygen atoms in total. The van der Waals surface area contributed by atoms with E-state index in [4.69, 9.17) is 27.9 Å². The molecular formula is C18H15Cl2NO5. The summed E-state index contributed by atoms with van der Waals surface area (Å²) in [6.45, 7) is 1.24. The first kappa shape index (κ1) is 19.8. The number of rotatable bonds is 6. The van der Waals surface area contributed by atoms with Gasteiger partial charge < -0.3 is 15.2 Å². The van der Waals surface area contributed by atoms with Gasteiger partial charge in [0, 0.05) is 29.0 Å². The second kappa shape index (κ2) is 8.69. The molecule has 26 heavy (non-hydrogen) atoms. The Hall–Kier alpha value is -2.57. The molecule has 0 spiro atoms. The van der Waals surface area contributed by atoms with Crippen LogP contribution in [0.25, 0.3) is 0 Å². The first-order chi connectivity index (χ1) is 12.3. The second-order valence-electron chi connectivity index (χ2n) is 5.39. The van der Waals surface area contributed by atoms with Crippen LogP contribution < -0.4 is 10.1 Å². The van der Waals surface area contributed by atoms with Gasteiger partial charge in [-0.2, -0.15) is 0 Å².